The van der Waals surface area contributed by atoms with Crippen LogP contribution < -0.4 is 37.8 Å². The normalized spacial score (nSPS) is 17.8. The molecular formula is C24H31N12O9S2+. The number of aromatic nitrogens is 4. The number of fused-ring (bicyclic) bond motifs is 1. The van der Waals surface area contributed by atoms with Gasteiger partial charge in [-0.05, 0) is 13.8 Å². The summed E-state index contributed by atoms with van der Waals surface area (Å²) in [6.45, 7) is 2.55. The summed E-state index contributed by atoms with van der Waals surface area (Å²) in [6, 6.07) is -1.19. The molecule has 0 bridgehead atoms. The maximum absolute atomic E-state index is 13.3. The van der Waals surface area contributed by atoms with E-state index in [9.17, 15) is 39.0 Å². The zero-order valence-corrected chi connectivity index (χ0v) is 26.7. The molecule has 4 amide bonds. The number of thioether (sulfide) groups is 1. The summed E-state index contributed by atoms with van der Waals surface area (Å²) in [7, 11) is 1.55. The Morgan fingerprint density at radius 3 is 2.49 bits per heavy atom. The second-order valence-electron chi connectivity index (χ2n) is 10.5. The van der Waals surface area contributed by atoms with E-state index in [1.54, 1.807) is 7.05 Å². The Labute approximate surface area is 273 Å². The van der Waals surface area contributed by atoms with Crippen LogP contribution in [0.3, 0.4) is 0 Å². The van der Waals surface area contributed by atoms with E-state index in [1.807, 2.05) is 0 Å². The van der Waals surface area contributed by atoms with Crippen LogP contribution in [0.25, 0.3) is 0 Å². The zero-order valence-electron chi connectivity index (χ0n) is 25.0. The number of hydrogen-bond acceptors (Lipinski definition) is 15. The highest BCUT2D eigenvalue weighted by Crippen LogP contribution is 2.40. The van der Waals surface area contributed by atoms with Crippen molar-refractivity contribution in [2.75, 3.05) is 35.6 Å². The first-order chi connectivity index (χ1) is 22.1. The first kappa shape index (κ1) is 34.6. The van der Waals surface area contributed by atoms with Crippen molar-refractivity contribution >= 4 is 81.2 Å². The Hall–Kier alpha value is -5.29. The van der Waals surface area contributed by atoms with Gasteiger partial charge in [0.1, 0.15) is 17.1 Å². The van der Waals surface area contributed by atoms with Crippen molar-refractivity contribution in [2.24, 2.45) is 17.9 Å². The second kappa shape index (κ2) is 13.6. The molecule has 0 saturated carbocycles. The molecule has 1 saturated heterocycles. The quantitative estimate of drug-likeness (QED) is 0.0349. The Kier molecular flexibility index (Phi) is 10.0. The number of β-lactam (4-membered cyclic amide) rings is 1. The third kappa shape index (κ3) is 7.10. The van der Waals surface area contributed by atoms with Crippen molar-refractivity contribution < 1.29 is 48.5 Å². The fraction of sp³-hybridized carbons (Fsp3) is 0.417. The molecule has 4 rings (SSSR count). The SMILES string of the molecule is Cn1c(N)c(NC(=O)C(=O)NCCN)c[n+]1CC1=C(C(=O)O)N2C(=O)[C@@H](NC(=O)/C(=N/OC(C)(C)C(=O)O)c3nsc(N)n3)[C@H]2SC1. The van der Waals surface area contributed by atoms with E-state index < -0.39 is 58.3 Å². The lowest BCUT2D eigenvalue weighted by Crippen LogP contribution is -2.71. The van der Waals surface area contributed by atoms with Crippen LogP contribution in [0.2, 0.25) is 0 Å². The Morgan fingerprint density at radius 1 is 1.19 bits per heavy atom. The molecule has 2 aromatic heterocycles. The number of carbonyl (C=O) groups is 6. The molecule has 2 atom stereocenters. The van der Waals surface area contributed by atoms with Gasteiger partial charge in [-0.15, -0.1) is 21.1 Å². The number of nitrogens with two attached hydrogens (primary N) is 3. The molecule has 1 fully saturated rings. The smallest absolute Gasteiger partial charge is 0.352 e. The molecule has 0 unspecified atom stereocenters. The first-order valence-electron chi connectivity index (χ1n) is 13.5. The van der Waals surface area contributed by atoms with Gasteiger partial charge in [-0.2, -0.15) is 9.36 Å². The van der Waals surface area contributed by atoms with Crippen molar-refractivity contribution in [3.63, 3.8) is 0 Å². The lowest BCUT2D eigenvalue weighted by molar-refractivity contribution is -0.765. The number of nitrogens with zero attached hydrogens (tertiary/aromatic N) is 6. The van der Waals surface area contributed by atoms with Crippen molar-refractivity contribution in [3.05, 3.63) is 23.3 Å². The summed E-state index contributed by atoms with van der Waals surface area (Å²) in [5.74, 6) is -6.50. The standard InChI is InChI=1S/C24H30N12O9S2/c1-24(2,22(43)44)45-32-11(15-31-23(27)47-33-15)16(37)30-12-19(40)36-13(21(41)42)9(8-46-20(12)36)6-35-7-10(14(26)34(35)3)29-18(39)17(38)28-5-4-25/h7,12,20,26H,4-6,8,25H2,1-3H3,(H7,27,28,29,30,31,33,37,38,39,41,42,43,44)/p+1/b32-11+/t12-,20-/m1/s1. The van der Waals surface area contributed by atoms with Gasteiger partial charge in [0.15, 0.2) is 23.2 Å². The molecule has 11 N–H and O–H groups in total. The molecule has 2 aliphatic heterocycles. The van der Waals surface area contributed by atoms with Gasteiger partial charge in [0, 0.05) is 35.9 Å². The number of hydrogen-bond donors (Lipinski definition) is 8. The lowest BCUT2D eigenvalue weighted by Gasteiger charge is -2.49. The zero-order chi connectivity index (χ0) is 34.8. The molecule has 4 heterocycles. The van der Waals surface area contributed by atoms with E-state index in [0.717, 1.165) is 16.4 Å². The number of amides is 4. The highest BCUT2D eigenvalue weighted by Gasteiger charge is 2.55. The van der Waals surface area contributed by atoms with Crippen LogP contribution in [0.4, 0.5) is 16.6 Å². The highest BCUT2D eigenvalue weighted by atomic mass is 32.2. The number of oxime groups is 1. The molecule has 23 heteroatoms. The van der Waals surface area contributed by atoms with Gasteiger partial charge < -0.3 is 48.2 Å². The number of anilines is 3. The van der Waals surface area contributed by atoms with Gasteiger partial charge in [0.2, 0.25) is 23.3 Å². The van der Waals surface area contributed by atoms with Crippen LogP contribution in [0.15, 0.2) is 22.6 Å². The molecule has 0 radical (unpaired) electrons. The summed E-state index contributed by atoms with van der Waals surface area (Å²) in [4.78, 5) is 84.5. The molecular weight excluding hydrogens is 664 g/mol. The Bertz CT molecular complexity index is 1720. The summed E-state index contributed by atoms with van der Waals surface area (Å²) in [6.07, 6.45) is 1.40. The molecule has 47 heavy (non-hydrogen) atoms. The van der Waals surface area contributed by atoms with Gasteiger partial charge in [-0.1, -0.05) is 5.16 Å². The van der Waals surface area contributed by atoms with Gasteiger partial charge >= 0.3 is 23.8 Å². The number of nitrogens with one attached hydrogen (secondary N) is 3. The van der Waals surface area contributed by atoms with Crippen molar-refractivity contribution in [3.8, 4) is 0 Å². The van der Waals surface area contributed by atoms with Gasteiger partial charge in [-0.25, -0.2) is 9.59 Å². The van der Waals surface area contributed by atoms with E-state index in [0.29, 0.717) is 5.57 Å². The van der Waals surface area contributed by atoms with Crippen LogP contribution in [0.1, 0.15) is 19.7 Å². The van der Waals surface area contributed by atoms with E-state index in [4.69, 9.17) is 22.0 Å². The molecule has 2 aliphatic rings. The summed E-state index contributed by atoms with van der Waals surface area (Å²) in [5.41, 5.74) is 14.8. The summed E-state index contributed by atoms with van der Waals surface area (Å²) >= 11 is 1.91. The number of aliphatic carboxylic acids is 2. The maximum Gasteiger partial charge on any atom is 0.352 e. The highest BCUT2D eigenvalue weighted by molar-refractivity contribution is 8.00. The minimum atomic E-state index is -1.83. The number of carbonyl (C=O) groups excluding carboxylic acids is 4. The summed E-state index contributed by atoms with van der Waals surface area (Å²) < 4.78 is 6.82. The molecule has 0 aliphatic carbocycles. The molecule has 252 valence electrons. The second-order valence-corrected chi connectivity index (χ2v) is 12.4. The van der Waals surface area contributed by atoms with Crippen LogP contribution in [-0.4, -0.2) is 106 Å². The minimum Gasteiger partial charge on any atom is -0.478 e. The molecule has 2 aromatic rings. The molecule has 0 spiro atoms. The fourth-order valence-corrected chi connectivity index (χ4v) is 6.00. The average molecular weight is 696 g/mol. The van der Waals surface area contributed by atoms with Gasteiger partial charge in [0.25, 0.3) is 11.8 Å². The number of carboxylic acids is 2. The van der Waals surface area contributed by atoms with Crippen LogP contribution >= 0.6 is 23.3 Å². The largest absolute Gasteiger partial charge is 0.478 e. The fourth-order valence-electron chi connectivity index (χ4n) is 4.23. The minimum absolute atomic E-state index is 0.0177. The third-order valence-corrected chi connectivity index (χ3v) is 8.69. The van der Waals surface area contributed by atoms with Gasteiger partial charge in [0.05, 0.1) is 7.05 Å². The topological polar surface area (TPSA) is 316 Å². The van der Waals surface area contributed by atoms with Crippen molar-refractivity contribution in [2.45, 2.75) is 37.4 Å². The van der Waals surface area contributed by atoms with E-state index in [1.165, 1.54) is 41.2 Å². The predicted octanol–water partition coefficient (Wildman–Crippen LogP) is -3.64. The van der Waals surface area contributed by atoms with E-state index >= 15 is 0 Å². The first-order valence-corrected chi connectivity index (χ1v) is 15.3. The lowest BCUT2D eigenvalue weighted by atomic mass is 10.0. The van der Waals surface area contributed by atoms with Crippen molar-refractivity contribution in [1.29, 1.82) is 0 Å². The van der Waals surface area contributed by atoms with E-state index in [2.05, 4.69) is 30.5 Å². The Morgan fingerprint density at radius 2 is 1.89 bits per heavy atom. The molecule has 21 nitrogen and oxygen atoms in total. The monoisotopic (exact) mass is 695 g/mol. The predicted molar refractivity (Wildman–Crippen MR) is 164 cm³/mol. The van der Waals surface area contributed by atoms with Crippen LogP contribution in [0.5, 0.6) is 0 Å². The maximum atomic E-state index is 13.3. The van der Waals surface area contributed by atoms with Crippen LogP contribution in [-0.2, 0) is 47.2 Å². The number of rotatable bonds is 12. The summed E-state index contributed by atoms with van der Waals surface area (Å²) in [5, 5.41) is 29.4. The Balaban J connectivity index is 1.53. The average Bonchev–Trinajstić information content (AvgIpc) is 3.55. The number of nitrogen functional groups attached to an aromatic ring is 2. The number of carboxylic acid groups (broad SMARTS) is 2. The van der Waals surface area contributed by atoms with Gasteiger partial charge in [-0.3, -0.25) is 24.1 Å². The van der Waals surface area contributed by atoms with Crippen LogP contribution in [0, 0.1) is 0 Å². The van der Waals surface area contributed by atoms with Crippen molar-refractivity contribution in [1.82, 2.24) is 29.6 Å². The molecule has 0 aromatic carbocycles. The third-order valence-electron chi connectivity index (χ3n) is 6.81. The van der Waals surface area contributed by atoms with E-state index in [-0.39, 0.29) is 53.5 Å².